The molecular weight excluding hydrogens is 184 g/mol. The van der Waals surface area contributed by atoms with Crippen LogP contribution in [-0.4, -0.2) is 13.1 Å². The fraction of sp³-hybridized carbons (Fsp3) is 0.462. The van der Waals surface area contributed by atoms with E-state index in [-0.39, 0.29) is 5.41 Å². The van der Waals surface area contributed by atoms with Gasteiger partial charge in [-0.1, -0.05) is 32.0 Å². The van der Waals surface area contributed by atoms with Crippen molar-refractivity contribution >= 4 is 0 Å². The van der Waals surface area contributed by atoms with Gasteiger partial charge >= 0.3 is 0 Å². The summed E-state index contributed by atoms with van der Waals surface area (Å²) in [6.07, 6.45) is 0. The number of nitrogens with one attached hydrogen (secondary N) is 1. The Morgan fingerprint density at radius 3 is 2.73 bits per heavy atom. The molecule has 1 fully saturated rings. The second-order valence-electron chi connectivity index (χ2n) is 4.87. The van der Waals surface area contributed by atoms with Gasteiger partial charge in [-0.2, -0.15) is 5.26 Å². The molecule has 1 heterocycles. The van der Waals surface area contributed by atoms with Crippen LogP contribution in [0.4, 0.5) is 0 Å². The second-order valence-corrected chi connectivity index (χ2v) is 4.87. The monoisotopic (exact) mass is 200 g/mol. The lowest BCUT2D eigenvalue weighted by molar-refractivity contribution is 0.362. The molecule has 78 valence electrons. The summed E-state index contributed by atoms with van der Waals surface area (Å²) in [6, 6.07) is 10.2. The summed E-state index contributed by atoms with van der Waals surface area (Å²) in [5.74, 6) is 0.452. The molecule has 2 rings (SSSR count). The van der Waals surface area contributed by atoms with Crippen LogP contribution >= 0.6 is 0 Å². The van der Waals surface area contributed by atoms with Gasteiger partial charge < -0.3 is 5.32 Å². The van der Waals surface area contributed by atoms with Gasteiger partial charge in [-0.15, -0.1) is 0 Å². The number of hydrogen-bond donors (Lipinski definition) is 1. The van der Waals surface area contributed by atoms with E-state index in [9.17, 15) is 0 Å². The molecule has 1 atom stereocenters. The average Bonchev–Trinajstić information content (AvgIpc) is 2.58. The molecule has 0 saturated carbocycles. The SMILES string of the molecule is CC1(C)CNC[C@H]1c1ccccc1C#N. The van der Waals surface area contributed by atoms with Crippen LogP contribution in [0.3, 0.4) is 0 Å². The molecule has 1 aliphatic rings. The van der Waals surface area contributed by atoms with Crippen LogP contribution in [0, 0.1) is 16.7 Å². The highest BCUT2D eigenvalue weighted by molar-refractivity contribution is 5.41. The van der Waals surface area contributed by atoms with Crippen molar-refractivity contribution in [3.8, 4) is 6.07 Å². The van der Waals surface area contributed by atoms with Gasteiger partial charge in [0.15, 0.2) is 0 Å². The number of nitrogens with zero attached hydrogens (tertiary/aromatic N) is 1. The number of nitriles is 1. The molecule has 0 aliphatic carbocycles. The molecule has 1 saturated heterocycles. The van der Waals surface area contributed by atoms with E-state index in [0.717, 1.165) is 18.7 Å². The van der Waals surface area contributed by atoms with Crippen LogP contribution in [-0.2, 0) is 0 Å². The van der Waals surface area contributed by atoms with E-state index in [1.807, 2.05) is 18.2 Å². The van der Waals surface area contributed by atoms with E-state index in [1.165, 1.54) is 5.56 Å². The maximum absolute atomic E-state index is 9.08. The zero-order chi connectivity index (χ0) is 10.9. The predicted molar refractivity (Wildman–Crippen MR) is 60.5 cm³/mol. The second kappa shape index (κ2) is 3.67. The van der Waals surface area contributed by atoms with Gasteiger partial charge in [-0.05, 0) is 17.0 Å². The maximum Gasteiger partial charge on any atom is 0.0994 e. The Bertz CT molecular complexity index is 401. The first-order chi connectivity index (χ1) is 7.15. The third-order valence-corrected chi connectivity index (χ3v) is 3.33. The Labute approximate surface area is 90.9 Å². The van der Waals surface area contributed by atoms with Crippen molar-refractivity contribution in [3.63, 3.8) is 0 Å². The van der Waals surface area contributed by atoms with Crippen LogP contribution < -0.4 is 5.32 Å². The Morgan fingerprint density at radius 1 is 1.40 bits per heavy atom. The first kappa shape index (κ1) is 10.2. The van der Waals surface area contributed by atoms with Crippen LogP contribution in [0.15, 0.2) is 24.3 Å². The molecule has 2 nitrogen and oxygen atoms in total. The maximum atomic E-state index is 9.08. The van der Waals surface area contributed by atoms with Crippen molar-refractivity contribution in [1.82, 2.24) is 5.32 Å². The Morgan fingerprint density at radius 2 is 2.13 bits per heavy atom. The lowest BCUT2D eigenvalue weighted by Gasteiger charge is -2.26. The summed E-state index contributed by atoms with van der Waals surface area (Å²) in [6.45, 7) is 6.51. The normalized spacial score (nSPS) is 23.7. The molecule has 0 aromatic heterocycles. The quantitative estimate of drug-likeness (QED) is 0.755. The van der Waals surface area contributed by atoms with Gasteiger partial charge in [0.1, 0.15) is 0 Å². The first-order valence-corrected chi connectivity index (χ1v) is 5.35. The Balaban J connectivity index is 2.42. The lowest BCUT2D eigenvalue weighted by Crippen LogP contribution is -2.21. The van der Waals surface area contributed by atoms with Crippen molar-refractivity contribution in [2.24, 2.45) is 5.41 Å². The fourth-order valence-corrected chi connectivity index (χ4v) is 2.37. The van der Waals surface area contributed by atoms with E-state index < -0.39 is 0 Å². The molecule has 1 aliphatic heterocycles. The highest BCUT2D eigenvalue weighted by Crippen LogP contribution is 2.39. The van der Waals surface area contributed by atoms with E-state index in [4.69, 9.17) is 5.26 Å². The van der Waals surface area contributed by atoms with Crippen molar-refractivity contribution in [2.45, 2.75) is 19.8 Å². The molecule has 0 spiro atoms. The van der Waals surface area contributed by atoms with Crippen LogP contribution in [0.1, 0.15) is 30.9 Å². The van der Waals surface area contributed by atoms with Crippen molar-refractivity contribution < 1.29 is 0 Å². The van der Waals surface area contributed by atoms with E-state index in [1.54, 1.807) is 0 Å². The molecule has 0 radical (unpaired) electrons. The van der Waals surface area contributed by atoms with Crippen LogP contribution in [0.5, 0.6) is 0 Å². The summed E-state index contributed by atoms with van der Waals surface area (Å²) in [7, 11) is 0. The van der Waals surface area contributed by atoms with Crippen molar-refractivity contribution in [3.05, 3.63) is 35.4 Å². The average molecular weight is 200 g/mol. The molecule has 0 unspecified atom stereocenters. The minimum absolute atomic E-state index is 0.243. The molecular formula is C13H16N2. The van der Waals surface area contributed by atoms with Crippen molar-refractivity contribution in [2.75, 3.05) is 13.1 Å². The fourth-order valence-electron chi connectivity index (χ4n) is 2.37. The van der Waals surface area contributed by atoms with Gasteiger partial charge in [0.2, 0.25) is 0 Å². The topological polar surface area (TPSA) is 35.8 Å². The Kier molecular flexibility index (Phi) is 2.50. The van der Waals surface area contributed by atoms with E-state index >= 15 is 0 Å². The molecule has 0 bridgehead atoms. The van der Waals surface area contributed by atoms with Crippen LogP contribution in [0.2, 0.25) is 0 Å². The zero-order valence-corrected chi connectivity index (χ0v) is 9.25. The van der Waals surface area contributed by atoms with E-state index in [2.05, 4.69) is 31.3 Å². The highest BCUT2D eigenvalue weighted by atomic mass is 14.9. The van der Waals surface area contributed by atoms with E-state index in [0.29, 0.717) is 5.92 Å². The van der Waals surface area contributed by atoms with Gasteiger partial charge in [0.25, 0.3) is 0 Å². The van der Waals surface area contributed by atoms with Gasteiger partial charge in [0, 0.05) is 19.0 Å². The molecule has 2 heteroatoms. The summed E-state index contributed by atoms with van der Waals surface area (Å²) in [4.78, 5) is 0. The summed E-state index contributed by atoms with van der Waals surface area (Å²) < 4.78 is 0. The minimum Gasteiger partial charge on any atom is -0.316 e. The molecule has 1 aromatic rings. The van der Waals surface area contributed by atoms with Crippen LogP contribution in [0.25, 0.3) is 0 Å². The van der Waals surface area contributed by atoms with Gasteiger partial charge in [0.05, 0.1) is 11.6 Å². The predicted octanol–water partition coefficient (Wildman–Crippen LogP) is 2.27. The summed E-state index contributed by atoms with van der Waals surface area (Å²) in [5.41, 5.74) is 2.25. The van der Waals surface area contributed by atoms with Gasteiger partial charge in [-0.25, -0.2) is 0 Å². The molecule has 1 N–H and O–H groups in total. The Hall–Kier alpha value is -1.33. The molecule has 0 amide bonds. The number of rotatable bonds is 1. The summed E-state index contributed by atoms with van der Waals surface area (Å²) in [5, 5.41) is 12.5. The molecule has 1 aromatic carbocycles. The minimum atomic E-state index is 0.243. The third-order valence-electron chi connectivity index (χ3n) is 3.33. The van der Waals surface area contributed by atoms with Gasteiger partial charge in [-0.3, -0.25) is 0 Å². The van der Waals surface area contributed by atoms with Crippen molar-refractivity contribution in [1.29, 1.82) is 5.26 Å². The first-order valence-electron chi connectivity index (χ1n) is 5.35. The lowest BCUT2D eigenvalue weighted by atomic mass is 9.76. The zero-order valence-electron chi connectivity index (χ0n) is 9.25. The standard InChI is InChI=1S/C13H16N2/c1-13(2)9-15-8-12(13)11-6-4-3-5-10(11)7-14/h3-6,12,15H,8-9H2,1-2H3/t12-/m0/s1. The largest absolute Gasteiger partial charge is 0.316 e. The number of hydrogen-bond acceptors (Lipinski definition) is 2. The summed E-state index contributed by atoms with van der Waals surface area (Å²) >= 11 is 0. The highest BCUT2D eigenvalue weighted by Gasteiger charge is 2.36. The third kappa shape index (κ3) is 1.75. The molecule has 15 heavy (non-hydrogen) atoms. The smallest absolute Gasteiger partial charge is 0.0994 e. The number of benzene rings is 1.